The maximum atomic E-state index is 13.4. The Labute approximate surface area is 182 Å². The number of fused-ring (bicyclic) bond motifs is 1. The molecule has 1 saturated heterocycles. The van der Waals surface area contributed by atoms with Crippen LogP contribution in [0.1, 0.15) is 36.3 Å². The summed E-state index contributed by atoms with van der Waals surface area (Å²) < 4.78 is 15.8. The zero-order valence-corrected chi connectivity index (χ0v) is 17.5. The van der Waals surface area contributed by atoms with Gasteiger partial charge in [-0.2, -0.15) is 0 Å². The maximum Gasteiger partial charge on any atom is 0.128 e. The average molecular weight is 415 g/mol. The van der Waals surface area contributed by atoms with Crippen LogP contribution in [0.4, 0.5) is 10.2 Å². The molecule has 0 bridgehead atoms. The van der Waals surface area contributed by atoms with Crippen molar-refractivity contribution in [1.29, 1.82) is 5.41 Å². The van der Waals surface area contributed by atoms with Crippen LogP contribution in [0.2, 0.25) is 0 Å². The molecule has 0 radical (unpaired) electrons. The molecular formula is C26H27FN4. The molecule has 2 aromatic heterocycles. The van der Waals surface area contributed by atoms with Gasteiger partial charge >= 0.3 is 0 Å². The number of nitrogens with one attached hydrogen (secondary N) is 1. The van der Waals surface area contributed by atoms with Crippen LogP contribution in [0.3, 0.4) is 0 Å². The molecular weight excluding hydrogens is 387 g/mol. The maximum absolute atomic E-state index is 13.4. The molecule has 0 saturated carbocycles. The number of aromatic nitrogens is 2. The number of hydrogen-bond donors (Lipinski definition) is 1. The highest BCUT2D eigenvalue weighted by Crippen LogP contribution is 2.35. The third-order valence-electron chi connectivity index (χ3n) is 6.49. The summed E-state index contributed by atoms with van der Waals surface area (Å²) in [5.41, 5.74) is 4.68. The first-order chi connectivity index (χ1) is 15.2. The van der Waals surface area contributed by atoms with Gasteiger partial charge in [0.25, 0.3) is 0 Å². The molecule has 5 heteroatoms. The first kappa shape index (κ1) is 19.7. The molecule has 4 nitrogen and oxygen atoms in total. The summed E-state index contributed by atoms with van der Waals surface area (Å²) in [5.74, 6) is 1.52. The summed E-state index contributed by atoms with van der Waals surface area (Å²) in [5, 5.41) is 8.67. The normalized spacial score (nSPS) is 19.6. The van der Waals surface area contributed by atoms with Crippen LogP contribution in [0.25, 0.3) is 10.9 Å². The minimum absolute atomic E-state index is 0.477. The lowest BCUT2D eigenvalue weighted by atomic mass is 9.89. The Morgan fingerprint density at radius 3 is 2.68 bits per heavy atom. The Bertz CT molecular complexity index is 1130. The third-order valence-corrected chi connectivity index (χ3v) is 6.49. The molecule has 1 aliphatic carbocycles. The Kier molecular flexibility index (Phi) is 5.41. The quantitative estimate of drug-likeness (QED) is 0.549. The summed E-state index contributed by atoms with van der Waals surface area (Å²) >= 11 is 0. The molecule has 3 heterocycles. The summed E-state index contributed by atoms with van der Waals surface area (Å²) in [6.45, 7) is 2.74. The number of benzene rings is 1. The Balaban J connectivity index is 1.34. The van der Waals surface area contributed by atoms with Crippen LogP contribution in [0.5, 0.6) is 0 Å². The largest absolute Gasteiger partial charge is 0.357 e. The molecule has 31 heavy (non-hydrogen) atoms. The lowest BCUT2D eigenvalue weighted by Gasteiger charge is -2.32. The van der Waals surface area contributed by atoms with E-state index in [1.165, 1.54) is 28.3 Å². The van der Waals surface area contributed by atoms with Crippen LogP contribution in [0.15, 0.2) is 72.6 Å². The van der Waals surface area contributed by atoms with E-state index in [2.05, 4.69) is 44.9 Å². The van der Waals surface area contributed by atoms with Crippen molar-refractivity contribution in [3.05, 3.63) is 83.7 Å². The van der Waals surface area contributed by atoms with Gasteiger partial charge in [0, 0.05) is 61.1 Å². The zero-order valence-electron chi connectivity index (χ0n) is 17.5. The minimum atomic E-state index is -0.846. The molecule has 1 unspecified atom stereocenters. The van der Waals surface area contributed by atoms with Crippen molar-refractivity contribution in [3.63, 3.8) is 0 Å². The van der Waals surface area contributed by atoms with Crippen molar-refractivity contribution in [3.8, 4) is 0 Å². The second kappa shape index (κ2) is 8.50. The van der Waals surface area contributed by atoms with Crippen LogP contribution < -0.4 is 4.90 Å². The van der Waals surface area contributed by atoms with E-state index >= 15 is 0 Å². The summed E-state index contributed by atoms with van der Waals surface area (Å²) in [7, 11) is 0. The van der Waals surface area contributed by atoms with Gasteiger partial charge in [-0.1, -0.05) is 36.4 Å². The van der Waals surface area contributed by atoms with E-state index in [0.29, 0.717) is 12.3 Å². The number of allylic oxidation sites excluding steroid dienone is 4. The van der Waals surface area contributed by atoms with E-state index in [0.717, 1.165) is 43.9 Å². The van der Waals surface area contributed by atoms with Crippen LogP contribution >= 0.6 is 0 Å². The number of nitrogens with zero attached hydrogens (tertiary/aromatic N) is 3. The van der Waals surface area contributed by atoms with E-state index in [4.69, 9.17) is 5.41 Å². The molecule has 1 aromatic carbocycles. The number of piperidine rings is 1. The van der Waals surface area contributed by atoms with Gasteiger partial charge in [0.1, 0.15) is 12.0 Å². The number of rotatable bonds is 5. The fourth-order valence-corrected chi connectivity index (χ4v) is 4.77. The van der Waals surface area contributed by atoms with Gasteiger partial charge < -0.3 is 14.9 Å². The highest BCUT2D eigenvalue weighted by molar-refractivity contribution is 5.84. The van der Waals surface area contributed by atoms with Gasteiger partial charge in [-0.05, 0) is 48.1 Å². The molecule has 0 spiro atoms. The van der Waals surface area contributed by atoms with Gasteiger partial charge in [-0.25, -0.2) is 9.37 Å². The molecule has 1 fully saturated rings. The molecule has 3 aromatic rings. The van der Waals surface area contributed by atoms with Crippen molar-refractivity contribution >= 4 is 22.9 Å². The number of halogens is 1. The number of pyridine rings is 1. The molecule has 1 aliphatic heterocycles. The first-order valence-electron chi connectivity index (χ1n) is 11.0. The second-order valence-electron chi connectivity index (χ2n) is 8.47. The van der Waals surface area contributed by atoms with E-state index in [-0.39, 0.29) is 0 Å². The zero-order chi connectivity index (χ0) is 21.2. The van der Waals surface area contributed by atoms with Gasteiger partial charge in [0.2, 0.25) is 0 Å². The summed E-state index contributed by atoms with van der Waals surface area (Å²) in [6, 6.07) is 12.6. The minimum Gasteiger partial charge on any atom is -0.357 e. The molecule has 5 rings (SSSR count). The van der Waals surface area contributed by atoms with Gasteiger partial charge in [0.05, 0.1) is 0 Å². The topological polar surface area (TPSA) is 44.9 Å². The Hall–Kier alpha value is -3.21. The predicted octanol–water partition coefficient (Wildman–Crippen LogP) is 5.64. The average Bonchev–Trinajstić information content (AvgIpc) is 3.19. The monoisotopic (exact) mass is 414 g/mol. The molecule has 2 aliphatic rings. The molecule has 0 amide bonds. The fraction of sp³-hybridized carbons (Fsp3) is 0.308. The van der Waals surface area contributed by atoms with Crippen molar-refractivity contribution in [2.75, 3.05) is 18.0 Å². The Morgan fingerprint density at radius 2 is 1.97 bits per heavy atom. The highest BCUT2D eigenvalue weighted by atomic mass is 19.1. The smallest absolute Gasteiger partial charge is 0.128 e. The number of para-hydroxylation sites is 1. The number of hydrogen-bond acceptors (Lipinski definition) is 3. The molecule has 158 valence electrons. The lowest BCUT2D eigenvalue weighted by molar-refractivity contribution is 0.400. The van der Waals surface area contributed by atoms with E-state index < -0.39 is 6.17 Å². The number of alkyl halides is 1. The Morgan fingerprint density at radius 1 is 1.13 bits per heavy atom. The fourth-order valence-electron chi connectivity index (χ4n) is 4.77. The van der Waals surface area contributed by atoms with E-state index in [1.54, 1.807) is 12.3 Å². The first-order valence-corrected chi connectivity index (χ1v) is 11.0. The summed E-state index contributed by atoms with van der Waals surface area (Å²) in [4.78, 5) is 6.87. The standard InChI is InChI=1S/C26H27FN4/c27-22-8-5-19(6-9-22)17-31-18-24(23-3-1-2-4-25(23)31)21-11-13-30(14-12-21)26-10-7-20(15-28)16-29-26/h1-8,10,15-16,18,21-22,28H,9,11-14,17H2. The second-order valence-corrected chi connectivity index (χ2v) is 8.47. The third kappa shape index (κ3) is 4.05. The highest BCUT2D eigenvalue weighted by Gasteiger charge is 2.24. The van der Waals surface area contributed by atoms with Gasteiger partial charge in [-0.3, -0.25) is 0 Å². The molecule has 1 N–H and O–H groups in total. The lowest BCUT2D eigenvalue weighted by Crippen LogP contribution is -2.33. The van der Waals surface area contributed by atoms with Crippen LogP contribution in [-0.2, 0) is 6.54 Å². The SMILES string of the molecule is N=Cc1ccc(N2CCC(c3cn(CC4=CCC(F)C=C4)c4ccccc34)CC2)nc1. The predicted molar refractivity (Wildman–Crippen MR) is 125 cm³/mol. The molecule has 1 atom stereocenters. The van der Waals surface area contributed by atoms with Crippen molar-refractivity contribution in [1.82, 2.24) is 9.55 Å². The summed E-state index contributed by atoms with van der Waals surface area (Å²) in [6.07, 6.45) is 12.8. The van der Waals surface area contributed by atoms with Crippen LogP contribution in [0, 0.1) is 5.41 Å². The van der Waals surface area contributed by atoms with Gasteiger partial charge in [-0.15, -0.1) is 0 Å². The van der Waals surface area contributed by atoms with Gasteiger partial charge in [0.15, 0.2) is 0 Å². The van der Waals surface area contributed by atoms with E-state index in [1.807, 2.05) is 24.3 Å². The van der Waals surface area contributed by atoms with Crippen molar-refractivity contribution in [2.45, 2.75) is 37.9 Å². The number of anilines is 1. The van der Waals surface area contributed by atoms with E-state index in [9.17, 15) is 4.39 Å². The van der Waals surface area contributed by atoms with Crippen molar-refractivity contribution < 1.29 is 4.39 Å². The van der Waals surface area contributed by atoms with Crippen LogP contribution in [-0.4, -0.2) is 35.0 Å². The van der Waals surface area contributed by atoms with Crippen molar-refractivity contribution in [2.24, 2.45) is 0 Å².